The smallest absolute Gasteiger partial charge is 0.317 e. The number of esters is 2. The molecule has 0 radical (unpaired) electrons. The van der Waals surface area contributed by atoms with Crippen LogP contribution >= 0.6 is 0 Å². The number of ether oxygens (including phenoxy) is 2. The summed E-state index contributed by atoms with van der Waals surface area (Å²) in [5.74, 6) is -1.02. The lowest BCUT2D eigenvalue weighted by atomic mass is 10.1. The lowest BCUT2D eigenvalue weighted by molar-refractivity contribution is -0.148. The second-order valence-corrected chi connectivity index (χ2v) is 3.66. The minimum Gasteiger partial charge on any atom is -0.461 e. The van der Waals surface area contributed by atoms with E-state index >= 15 is 0 Å². The maximum atomic E-state index is 11.2. The number of carbonyl (C=O) groups excluding carboxylic acids is 2. The zero-order valence-corrected chi connectivity index (χ0v) is 8.72. The minimum absolute atomic E-state index is 0.138. The first-order valence-corrected chi connectivity index (χ1v) is 5.13. The highest BCUT2D eigenvalue weighted by Crippen LogP contribution is 2.11. The molecule has 0 aromatic heterocycles. The highest BCUT2D eigenvalue weighted by Gasteiger charge is 2.24. The first-order valence-electron chi connectivity index (χ1n) is 5.13. The first kappa shape index (κ1) is 10.7. The molecule has 0 saturated carbocycles. The molecule has 4 heteroatoms. The van der Waals surface area contributed by atoms with E-state index in [9.17, 15) is 9.59 Å². The van der Waals surface area contributed by atoms with Crippen molar-refractivity contribution in [1.82, 2.24) is 0 Å². The Balaban J connectivity index is 1.99. The van der Waals surface area contributed by atoms with E-state index in [1.807, 2.05) is 30.3 Å². The van der Waals surface area contributed by atoms with E-state index in [0.717, 1.165) is 5.56 Å². The highest BCUT2D eigenvalue weighted by atomic mass is 16.6. The van der Waals surface area contributed by atoms with Crippen molar-refractivity contribution in [2.45, 2.75) is 18.9 Å². The van der Waals surface area contributed by atoms with Crippen LogP contribution in [0, 0.1) is 0 Å². The van der Waals surface area contributed by atoms with E-state index in [1.165, 1.54) is 0 Å². The molecule has 0 aliphatic carbocycles. The van der Waals surface area contributed by atoms with Crippen LogP contribution in [0.15, 0.2) is 30.3 Å². The molecule has 0 amide bonds. The Morgan fingerprint density at radius 3 is 2.62 bits per heavy atom. The molecule has 1 aliphatic heterocycles. The molecule has 0 bridgehead atoms. The van der Waals surface area contributed by atoms with Gasteiger partial charge in [0.2, 0.25) is 0 Å². The number of hydrogen-bond acceptors (Lipinski definition) is 4. The summed E-state index contributed by atoms with van der Waals surface area (Å²) in [6, 6.07) is 9.64. The number of benzene rings is 1. The van der Waals surface area contributed by atoms with Gasteiger partial charge in [-0.25, -0.2) is 0 Å². The number of cyclic esters (lactones) is 2. The van der Waals surface area contributed by atoms with Crippen molar-refractivity contribution >= 4 is 11.9 Å². The number of rotatable bonds is 2. The summed E-state index contributed by atoms with van der Waals surface area (Å²) >= 11 is 0. The van der Waals surface area contributed by atoms with E-state index < -0.39 is 11.9 Å². The summed E-state index contributed by atoms with van der Waals surface area (Å²) in [6.07, 6.45) is -0.0909. The Bertz CT molecular complexity index is 385. The van der Waals surface area contributed by atoms with Crippen LogP contribution in [0.3, 0.4) is 0 Å². The molecule has 1 aromatic rings. The van der Waals surface area contributed by atoms with Crippen LogP contribution in [0.1, 0.15) is 12.0 Å². The molecule has 1 unspecified atom stereocenters. The fraction of sp³-hybridized carbons (Fsp3) is 0.333. The van der Waals surface area contributed by atoms with Crippen molar-refractivity contribution in [3.8, 4) is 0 Å². The van der Waals surface area contributed by atoms with Crippen molar-refractivity contribution in [2.75, 3.05) is 6.61 Å². The topological polar surface area (TPSA) is 52.6 Å². The van der Waals surface area contributed by atoms with E-state index in [-0.39, 0.29) is 19.1 Å². The van der Waals surface area contributed by atoms with Crippen LogP contribution in [-0.2, 0) is 25.5 Å². The molecule has 4 nitrogen and oxygen atoms in total. The molecule has 2 rings (SSSR count). The average molecular weight is 220 g/mol. The monoisotopic (exact) mass is 220 g/mol. The van der Waals surface area contributed by atoms with Gasteiger partial charge in [-0.05, 0) is 5.56 Å². The molecule has 0 spiro atoms. The van der Waals surface area contributed by atoms with Crippen LogP contribution < -0.4 is 0 Å². The zero-order chi connectivity index (χ0) is 11.4. The van der Waals surface area contributed by atoms with Crippen molar-refractivity contribution < 1.29 is 19.1 Å². The summed E-state index contributed by atoms with van der Waals surface area (Å²) in [7, 11) is 0. The van der Waals surface area contributed by atoms with Crippen molar-refractivity contribution in [3.63, 3.8) is 0 Å². The van der Waals surface area contributed by atoms with Gasteiger partial charge < -0.3 is 9.47 Å². The largest absolute Gasteiger partial charge is 0.461 e. The van der Waals surface area contributed by atoms with Crippen molar-refractivity contribution in [3.05, 3.63) is 35.9 Å². The van der Waals surface area contributed by atoms with Crippen LogP contribution in [0.25, 0.3) is 0 Å². The fourth-order valence-electron chi connectivity index (χ4n) is 1.59. The minimum atomic E-state index is -0.513. The lowest BCUT2D eigenvalue weighted by Gasteiger charge is -2.13. The molecule has 1 saturated heterocycles. The van der Waals surface area contributed by atoms with Gasteiger partial charge in [0.25, 0.3) is 0 Å². The third-order valence-electron chi connectivity index (χ3n) is 2.32. The van der Waals surface area contributed by atoms with Gasteiger partial charge >= 0.3 is 11.9 Å². The van der Waals surface area contributed by atoms with E-state index in [1.54, 1.807) is 0 Å². The molecular weight excluding hydrogens is 208 g/mol. The highest BCUT2D eigenvalue weighted by molar-refractivity contribution is 5.91. The summed E-state index contributed by atoms with van der Waals surface area (Å²) < 4.78 is 9.97. The lowest BCUT2D eigenvalue weighted by Crippen LogP contribution is -2.22. The van der Waals surface area contributed by atoms with Gasteiger partial charge in [-0.15, -0.1) is 0 Å². The summed E-state index contributed by atoms with van der Waals surface area (Å²) in [6.45, 7) is 0.138. The Kier molecular flexibility index (Phi) is 3.19. The van der Waals surface area contributed by atoms with Crippen molar-refractivity contribution in [1.29, 1.82) is 0 Å². The predicted octanol–water partition coefficient (Wildman–Crippen LogP) is 1.09. The standard InChI is InChI=1S/C12H12O4/c13-11-7-12(14)16-10(8-15-11)6-9-4-2-1-3-5-9/h1-5,10H,6-8H2. The normalized spacial score (nSPS) is 20.9. The van der Waals surface area contributed by atoms with E-state index in [2.05, 4.69) is 0 Å². The molecule has 0 N–H and O–H groups in total. The number of hydrogen-bond donors (Lipinski definition) is 0. The Morgan fingerprint density at radius 1 is 1.12 bits per heavy atom. The quantitative estimate of drug-likeness (QED) is 0.553. The summed E-state index contributed by atoms with van der Waals surface area (Å²) in [5.41, 5.74) is 1.05. The molecule has 1 aliphatic rings. The van der Waals surface area contributed by atoms with Gasteiger partial charge in [0, 0.05) is 6.42 Å². The van der Waals surface area contributed by atoms with Crippen LogP contribution in [0.2, 0.25) is 0 Å². The maximum Gasteiger partial charge on any atom is 0.317 e. The molecular formula is C12H12O4. The maximum absolute atomic E-state index is 11.2. The molecule has 1 aromatic carbocycles. The van der Waals surface area contributed by atoms with Gasteiger partial charge in [0.15, 0.2) is 0 Å². The first-order chi connectivity index (χ1) is 7.74. The average Bonchev–Trinajstić information content (AvgIpc) is 2.41. The predicted molar refractivity (Wildman–Crippen MR) is 55.6 cm³/mol. The Hall–Kier alpha value is -1.84. The molecule has 84 valence electrons. The van der Waals surface area contributed by atoms with Gasteiger partial charge in [-0.1, -0.05) is 30.3 Å². The fourth-order valence-corrected chi connectivity index (χ4v) is 1.59. The van der Waals surface area contributed by atoms with Crippen LogP contribution in [-0.4, -0.2) is 24.6 Å². The van der Waals surface area contributed by atoms with Gasteiger partial charge in [-0.2, -0.15) is 0 Å². The zero-order valence-electron chi connectivity index (χ0n) is 8.72. The van der Waals surface area contributed by atoms with E-state index in [0.29, 0.717) is 6.42 Å². The third kappa shape index (κ3) is 2.82. The molecule has 1 heterocycles. The van der Waals surface area contributed by atoms with Crippen LogP contribution in [0.4, 0.5) is 0 Å². The number of carbonyl (C=O) groups is 2. The second-order valence-electron chi connectivity index (χ2n) is 3.66. The second kappa shape index (κ2) is 4.79. The molecule has 1 fully saturated rings. The van der Waals surface area contributed by atoms with Gasteiger partial charge in [0.05, 0.1) is 0 Å². The van der Waals surface area contributed by atoms with E-state index in [4.69, 9.17) is 9.47 Å². The Morgan fingerprint density at radius 2 is 1.88 bits per heavy atom. The SMILES string of the molecule is O=C1CC(=O)OC(Cc2ccccc2)CO1. The molecule has 16 heavy (non-hydrogen) atoms. The molecule has 1 atom stereocenters. The Labute approximate surface area is 93.2 Å². The van der Waals surface area contributed by atoms with Crippen molar-refractivity contribution in [2.24, 2.45) is 0 Å². The summed E-state index contributed by atoms with van der Waals surface area (Å²) in [5, 5.41) is 0. The van der Waals surface area contributed by atoms with Gasteiger partial charge in [0.1, 0.15) is 19.1 Å². The van der Waals surface area contributed by atoms with Gasteiger partial charge in [-0.3, -0.25) is 9.59 Å². The summed E-state index contributed by atoms with van der Waals surface area (Å²) in [4.78, 5) is 22.1. The van der Waals surface area contributed by atoms with Crippen LogP contribution in [0.5, 0.6) is 0 Å². The third-order valence-corrected chi connectivity index (χ3v) is 2.32.